The molecule has 26 heavy (non-hydrogen) atoms. The van der Waals surface area contributed by atoms with Crippen LogP contribution in [0.15, 0.2) is 18.5 Å². The van der Waals surface area contributed by atoms with Gasteiger partial charge in [-0.2, -0.15) is 5.10 Å². The molecule has 0 unspecified atom stereocenters. The number of anilines is 1. The van der Waals surface area contributed by atoms with Gasteiger partial charge in [-0.1, -0.05) is 23.4 Å². The average molecular weight is 371 g/mol. The molecule has 2 aromatic heterocycles. The van der Waals surface area contributed by atoms with Crippen LogP contribution in [-0.2, 0) is 7.05 Å². The van der Waals surface area contributed by atoms with Gasteiger partial charge in [-0.05, 0) is 44.6 Å². The molecule has 0 aliphatic heterocycles. The molecule has 2 aliphatic rings. The lowest BCUT2D eigenvalue weighted by Gasteiger charge is -2.27. The number of nitrogens with zero attached hydrogens (tertiary/aromatic N) is 3. The van der Waals surface area contributed by atoms with Gasteiger partial charge in [-0.15, -0.1) is 0 Å². The molecule has 4 rings (SSSR count). The minimum absolute atomic E-state index is 0.167. The molecule has 0 aromatic carbocycles. The van der Waals surface area contributed by atoms with E-state index < -0.39 is 0 Å². The molecular formula is C20H23ClN4O. The second-order valence-electron chi connectivity index (χ2n) is 7.29. The second kappa shape index (κ2) is 7.30. The van der Waals surface area contributed by atoms with Crippen LogP contribution >= 0.6 is 11.6 Å². The molecule has 0 spiro atoms. The lowest BCUT2D eigenvalue weighted by Crippen LogP contribution is -2.28. The second-order valence-corrected chi connectivity index (χ2v) is 7.68. The fraction of sp³-hybridized carbons (Fsp3) is 0.500. The van der Waals surface area contributed by atoms with Crippen molar-refractivity contribution in [2.45, 2.75) is 56.6 Å². The zero-order chi connectivity index (χ0) is 18.1. The van der Waals surface area contributed by atoms with E-state index in [1.165, 1.54) is 18.5 Å². The van der Waals surface area contributed by atoms with Crippen molar-refractivity contribution in [3.8, 4) is 11.8 Å². The summed E-state index contributed by atoms with van der Waals surface area (Å²) in [5.74, 6) is 7.13. The molecule has 2 fully saturated rings. The fourth-order valence-corrected chi connectivity index (χ4v) is 3.77. The lowest BCUT2D eigenvalue weighted by atomic mass is 9.93. The van der Waals surface area contributed by atoms with Crippen LogP contribution < -0.4 is 5.32 Å². The summed E-state index contributed by atoms with van der Waals surface area (Å²) in [4.78, 5) is 4.19. The van der Waals surface area contributed by atoms with Crippen LogP contribution in [0.3, 0.4) is 0 Å². The van der Waals surface area contributed by atoms with Crippen molar-refractivity contribution in [1.29, 1.82) is 0 Å². The summed E-state index contributed by atoms with van der Waals surface area (Å²) in [6.45, 7) is 0. The minimum Gasteiger partial charge on any atom is -0.393 e. The molecular weight excluding hydrogens is 348 g/mol. The summed E-state index contributed by atoms with van der Waals surface area (Å²) < 4.78 is 1.94. The highest BCUT2D eigenvalue weighted by atomic mass is 35.5. The van der Waals surface area contributed by atoms with Crippen molar-refractivity contribution in [2.24, 2.45) is 7.05 Å². The number of halogens is 1. The Morgan fingerprint density at radius 3 is 2.58 bits per heavy atom. The number of pyridine rings is 1. The first-order valence-electron chi connectivity index (χ1n) is 9.24. The zero-order valence-corrected chi connectivity index (χ0v) is 15.6. The number of nitrogens with one attached hydrogen (secondary N) is 1. The van der Waals surface area contributed by atoms with E-state index in [1.54, 1.807) is 6.20 Å². The lowest BCUT2D eigenvalue weighted by molar-refractivity contribution is 0.126. The molecule has 2 heterocycles. The SMILES string of the molecule is Cn1ncc(C#Cc2cnc(Cl)cc2NC2CCC(O)CC2)c1C1CC1. The first-order chi connectivity index (χ1) is 12.6. The number of aliphatic hydroxyl groups is 1. The van der Waals surface area contributed by atoms with Crippen LogP contribution in [0.2, 0.25) is 5.15 Å². The predicted octanol–water partition coefficient (Wildman–Crippen LogP) is 3.46. The topological polar surface area (TPSA) is 63.0 Å². The van der Waals surface area contributed by atoms with Crippen molar-refractivity contribution in [2.75, 3.05) is 5.32 Å². The van der Waals surface area contributed by atoms with Gasteiger partial charge >= 0.3 is 0 Å². The van der Waals surface area contributed by atoms with E-state index in [4.69, 9.17) is 11.6 Å². The average Bonchev–Trinajstić information content (AvgIpc) is 3.39. The van der Waals surface area contributed by atoms with E-state index in [-0.39, 0.29) is 6.10 Å². The maximum atomic E-state index is 9.69. The van der Waals surface area contributed by atoms with Crippen LogP contribution in [-0.4, -0.2) is 32.0 Å². The number of aromatic nitrogens is 3. The van der Waals surface area contributed by atoms with Crippen LogP contribution in [0.4, 0.5) is 5.69 Å². The van der Waals surface area contributed by atoms with Crippen LogP contribution in [0.25, 0.3) is 0 Å². The summed E-state index contributed by atoms with van der Waals surface area (Å²) in [5, 5.41) is 18.1. The number of aliphatic hydroxyl groups excluding tert-OH is 1. The summed E-state index contributed by atoms with van der Waals surface area (Å²) in [5.41, 5.74) is 3.98. The number of rotatable bonds is 3. The number of hydrogen-bond acceptors (Lipinski definition) is 4. The van der Waals surface area contributed by atoms with Crippen molar-refractivity contribution >= 4 is 17.3 Å². The molecule has 2 aliphatic carbocycles. The molecule has 0 amide bonds. The smallest absolute Gasteiger partial charge is 0.131 e. The normalized spacial score (nSPS) is 22.6. The Bertz CT molecular complexity index is 854. The molecule has 2 aromatic rings. The van der Waals surface area contributed by atoms with E-state index in [2.05, 4.69) is 27.2 Å². The molecule has 2 saturated carbocycles. The largest absolute Gasteiger partial charge is 0.393 e. The molecule has 0 saturated heterocycles. The number of hydrogen-bond donors (Lipinski definition) is 2. The van der Waals surface area contributed by atoms with Crippen LogP contribution in [0, 0.1) is 11.8 Å². The highest BCUT2D eigenvalue weighted by Gasteiger charge is 2.29. The van der Waals surface area contributed by atoms with Gasteiger partial charge in [0.1, 0.15) is 5.15 Å². The maximum absolute atomic E-state index is 9.69. The number of aryl methyl sites for hydroxylation is 1. The highest BCUT2D eigenvalue weighted by molar-refractivity contribution is 6.29. The summed E-state index contributed by atoms with van der Waals surface area (Å²) in [7, 11) is 1.98. The van der Waals surface area contributed by atoms with E-state index in [0.717, 1.165) is 42.5 Å². The van der Waals surface area contributed by atoms with Gasteiger partial charge in [0.05, 0.1) is 34.8 Å². The zero-order valence-electron chi connectivity index (χ0n) is 14.9. The Labute approximate surface area is 158 Å². The first-order valence-corrected chi connectivity index (χ1v) is 9.62. The third kappa shape index (κ3) is 3.87. The molecule has 0 atom stereocenters. The van der Waals surface area contributed by atoms with Gasteiger partial charge in [0.15, 0.2) is 0 Å². The van der Waals surface area contributed by atoms with Gasteiger partial charge in [-0.25, -0.2) is 4.98 Å². The molecule has 0 bridgehead atoms. The molecule has 5 nitrogen and oxygen atoms in total. The molecule has 136 valence electrons. The highest BCUT2D eigenvalue weighted by Crippen LogP contribution is 2.41. The minimum atomic E-state index is -0.167. The monoisotopic (exact) mass is 370 g/mol. The molecule has 0 radical (unpaired) electrons. The van der Waals surface area contributed by atoms with Crippen molar-refractivity contribution in [3.63, 3.8) is 0 Å². The first kappa shape index (κ1) is 17.4. The van der Waals surface area contributed by atoms with Crippen molar-refractivity contribution in [1.82, 2.24) is 14.8 Å². The Kier molecular flexibility index (Phi) is 4.88. The quantitative estimate of drug-likeness (QED) is 0.641. The third-order valence-corrected chi connectivity index (χ3v) is 5.41. The van der Waals surface area contributed by atoms with Crippen LogP contribution in [0.1, 0.15) is 61.3 Å². The van der Waals surface area contributed by atoms with E-state index in [0.29, 0.717) is 17.1 Å². The van der Waals surface area contributed by atoms with E-state index in [9.17, 15) is 5.11 Å². The summed E-state index contributed by atoms with van der Waals surface area (Å²) in [6, 6.07) is 2.17. The van der Waals surface area contributed by atoms with Crippen LogP contribution in [0.5, 0.6) is 0 Å². The van der Waals surface area contributed by atoms with Gasteiger partial charge in [0.2, 0.25) is 0 Å². The molecule has 2 N–H and O–H groups in total. The Morgan fingerprint density at radius 2 is 1.85 bits per heavy atom. The van der Waals surface area contributed by atoms with Gasteiger partial charge < -0.3 is 10.4 Å². The fourth-order valence-electron chi connectivity index (χ4n) is 3.61. The third-order valence-electron chi connectivity index (χ3n) is 5.21. The van der Waals surface area contributed by atoms with Crippen molar-refractivity contribution in [3.05, 3.63) is 40.4 Å². The van der Waals surface area contributed by atoms with E-state index in [1.807, 2.05) is 24.0 Å². The standard InChI is InChI=1S/C20H23ClN4O/c1-25-20(13-2-3-13)15(12-23-25)5-4-14-11-22-19(21)10-18(14)24-16-6-8-17(26)9-7-16/h10-13,16-17,26H,2-3,6-9H2,1H3,(H,22,24). The Morgan fingerprint density at radius 1 is 1.12 bits per heavy atom. The Balaban J connectivity index is 1.58. The predicted molar refractivity (Wildman–Crippen MR) is 102 cm³/mol. The van der Waals surface area contributed by atoms with E-state index >= 15 is 0 Å². The molecule has 6 heteroatoms. The van der Waals surface area contributed by atoms with Gasteiger partial charge in [0, 0.05) is 25.2 Å². The summed E-state index contributed by atoms with van der Waals surface area (Å²) in [6.07, 6.45) is 9.40. The maximum Gasteiger partial charge on any atom is 0.131 e. The van der Waals surface area contributed by atoms with Gasteiger partial charge in [-0.3, -0.25) is 4.68 Å². The summed E-state index contributed by atoms with van der Waals surface area (Å²) >= 11 is 6.10. The Hall–Kier alpha value is -2.03. The van der Waals surface area contributed by atoms with Crippen molar-refractivity contribution < 1.29 is 5.11 Å². The van der Waals surface area contributed by atoms with Gasteiger partial charge in [0.25, 0.3) is 0 Å².